The van der Waals surface area contributed by atoms with Gasteiger partial charge in [-0.2, -0.15) is 5.26 Å². The first-order valence-electron chi connectivity index (χ1n) is 8.36. The Morgan fingerprint density at radius 2 is 1.92 bits per heavy atom. The van der Waals surface area contributed by atoms with Gasteiger partial charge in [0.05, 0.1) is 18.6 Å². The summed E-state index contributed by atoms with van der Waals surface area (Å²) in [6.45, 7) is 3.81. The second kappa shape index (κ2) is 6.93. The van der Waals surface area contributed by atoms with E-state index in [4.69, 9.17) is 15.2 Å². The van der Waals surface area contributed by atoms with Gasteiger partial charge in [-0.05, 0) is 16.3 Å². The Hall–Kier alpha value is -3.26. The lowest BCUT2D eigenvalue weighted by Gasteiger charge is -2.29. The number of fused-ring (bicyclic) bond motifs is 1. The number of rotatable bonds is 3. The molecule has 0 saturated carbocycles. The molecule has 132 valence electrons. The number of ether oxygens (including phenoxy) is 2. The third-order valence-electron chi connectivity index (χ3n) is 4.49. The fourth-order valence-corrected chi connectivity index (χ4v) is 3.25. The number of allylic oxidation sites excluding steroid dienone is 2. The summed E-state index contributed by atoms with van der Waals surface area (Å²) in [4.78, 5) is 12.6. The van der Waals surface area contributed by atoms with Crippen molar-refractivity contribution in [3.05, 3.63) is 70.8 Å². The first kappa shape index (κ1) is 17.6. The SMILES string of the molecule is COC(=O)C1=C(C(C)C)OC(N)=C(C#N)C1c1ccc2ccccc2c1. The fourth-order valence-electron chi connectivity index (χ4n) is 3.25. The Morgan fingerprint density at radius 1 is 1.23 bits per heavy atom. The van der Waals surface area contributed by atoms with E-state index in [2.05, 4.69) is 6.07 Å². The summed E-state index contributed by atoms with van der Waals surface area (Å²) < 4.78 is 10.6. The largest absolute Gasteiger partial charge is 0.466 e. The predicted molar refractivity (Wildman–Crippen MR) is 98.5 cm³/mol. The van der Waals surface area contributed by atoms with Crippen molar-refractivity contribution >= 4 is 16.7 Å². The highest BCUT2D eigenvalue weighted by Gasteiger charge is 2.38. The van der Waals surface area contributed by atoms with Crippen molar-refractivity contribution in [2.45, 2.75) is 19.8 Å². The van der Waals surface area contributed by atoms with Crippen molar-refractivity contribution in [1.82, 2.24) is 0 Å². The molecule has 2 aromatic carbocycles. The molecule has 1 unspecified atom stereocenters. The highest BCUT2D eigenvalue weighted by molar-refractivity contribution is 5.93. The van der Waals surface area contributed by atoms with Crippen LogP contribution in [0.2, 0.25) is 0 Å². The van der Waals surface area contributed by atoms with Gasteiger partial charge in [0, 0.05) is 5.92 Å². The van der Waals surface area contributed by atoms with Crippen LogP contribution in [0.1, 0.15) is 25.3 Å². The number of benzene rings is 2. The Balaban J connectivity index is 2.27. The quantitative estimate of drug-likeness (QED) is 0.854. The Kier molecular flexibility index (Phi) is 4.68. The monoisotopic (exact) mass is 348 g/mol. The summed E-state index contributed by atoms with van der Waals surface area (Å²) >= 11 is 0. The number of nitrogens with two attached hydrogens (primary N) is 1. The third-order valence-corrected chi connectivity index (χ3v) is 4.49. The van der Waals surface area contributed by atoms with Crippen LogP contribution >= 0.6 is 0 Å². The molecule has 2 aromatic rings. The topological polar surface area (TPSA) is 85.3 Å². The molecule has 0 aromatic heterocycles. The van der Waals surface area contributed by atoms with Gasteiger partial charge in [-0.1, -0.05) is 56.3 Å². The molecule has 1 heterocycles. The fraction of sp³-hybridized carbons (Fsp3) is 0.238. The zero-order valence-corrected chi connectivity index (χ0v) is 14.9. The minimum absolute atomic E-state index is 0.0296. The summed E-state index contributed by atoms with van der Waals surface area (Å²) in [6, 6.07) is 15.9. The van der Waals surface area contributed by atoms with Gasteiger partial charge in [0.2, 0.25) is 5.88 Å². The minimum atomic E-state index is -0.622. The lowest BCUT2D eigenvalue weighted by molar-refractivity contribution is -0.136. The lowest BCUT2D eigenvalue weighted by atomic mass is 9.81. The molecule has 1 aliphatic rings. The van der Waals surface area contributed by atoms with E-state index in [1.165, 1.54) is 7.11 Å². The molecule has 1 atom stereocenters. The average molecular weight is 348 g/mol. The number of methoxy groups -OCH3 is 1. The number of esters is 1. The van der Waals surface area contributed by atoms with Crippen molar-refractivity contribution in [2.24, 2.45) is 11.7 Å². The van der Waals surface area contributed by atoms with Crippen molar-refractivity contribution in [1.29, 1.82) is 5.26 Å². The molecule has 0 radical (unpaired) electrons. The van der Waals surface area contributed by atoms with Crippen molar-refractivity contribution in [2.75, 3.05) is 7.11 Å². The van der Waals surface area contributed by atoms with Crippen molar-refractivity contribution in [3.63, 3.8) is 0 Å². The lowest BCUT2D eigenvalue weighted by Crippen LogP contribution is -2.27. The van der Waals surface area contributed by atoms with Gasteiger partial charge in [-0.25, -0.2) is 4.79 Å². The van der Waals surface area contributed by atoms with E-state index in [1.54, 1.807) is 0 Å². The molecule has 26 heavy (non-hydrogen) atoms. The van der Waals surface area contributed by atoms with Gasteiger partial charge >= 0.3 is 5.97 Å². The van der Waals surface area contributed by atoms with Crippen LogP contribution in [-0.2, 0) is 14.3 Å². The molecule has 0 bridgehead atoms. The second-order valence-electron chi connectivity index (χ2n) is 6.46. The Labute approximate surface area is 152 Å². The number of carbonyl (C=O) groups is 1. The van der Waals surface area contributed by atoms with Gasteiger partial charge in [0.1, 0.15) is 17.4 Å². The van der Waals surface area contributed by atoms with E-state index in [1.807, 2.05) is 56.3 Å². The molecule has 5 heteroatoms. The molecular weight excluding hydrogens is 328 g/mol. The van der Waals surface area contributed by atoms with Crippen molar-refractivity contribution < 1.29 is 14.3 Å². The van der Waals surface area contributed by atoms with E-state index in [-0.39, 0.29) is 17.4 Å². The molecular formula is C21H20N2O3. The van der Waals surface area contributed by atoms with Crippen molar-refractivity contribution in [3.8, 4) is 6.07 Å². The number of carbonyl (C=O) groups excluding carboxylic acids is 1. The maximum atomic E-state index is 12.6. The third kappa shape index (κ3) is 2.91. The zero-order valence-electron chi connectivity index (χ0n) is 14.9. The highest BCUT2D eigenvalue weighted by Crippen LogP contribution is 2.42. The van der Waals surface area contributed by atoms with E-state index in [0.29, 0.717) is 11.3 Å². The Morgan fingerprint density at radius 3 is 2.54 bits per heavy atom. The molecule has 2 N–H and O–H groups in total. The maximum absolute atomic E-state index is 12.6. The van der Waals surface area contributed by atoms with Crippen LogP contribution < -0.4 is 5.73 Å². The summed E-state index contributed by atoms with van der Waals surface area (Å²) in [6.07, 6.45) is 0. The average Bonchev–Trinajstić information content (AvgIpc) is 2.65. The molecule has 1 aliphatic heterocycles. The van der Waals surface area contributed by atoms with Crippen LogP contribution in [0.4, 0.5) is 0 Å². The second-order valence-corrected chi connectivity index (χ2v) is 6.46. The zero-order chi connectivity index (χ0) is 18.8. The number of nitriles is 1. The standard InChI is InChI=1S/C21H20N2O3/c1-12(2)19-18(21(24)25-3)17(16(11-22)20(23)26-19)15-9-8-13-6-4-5-7-14(13)10-15/h4-10,12,17H,23H2,1-3H3. The van der Waals surface area contributed by atoms with Crippen LogP contribution in [0, 0.1) is 17.2 Å². The normalized spacial score (nSPS) is 17.3. The number of hydrogen-bond donors (Lipinski definition) is 1. The first-order chi connectivity index (χ1) is 12.5. The smallest absolute Gasteiger partial charge is 0.338 e. The van der Waals surface area contributed by atoms with Gasteiger partial charge in [0.25, 0.3) is 0 Å². The molecule has 5 nitrogen and oxygen atoms in total. The predicted octanol–water partition coefficient (Wildman–Crippen LogP) is 3.73. The maximum Gasteiger partial charge on any atom is 0.338 e. The van der Waals surface area contributed by atoms with Gasteiger partial charge in [-0.3, -0.25) is 0 Å². The number of hydrogen-bond acceptors (Lipinski definition) is 5. The summed E-state index contributed by atoms with van der Waals surface area (Å²) in [5.41, 5.74) is 7.34. The number of nitrogens with zero attached hydrogens (tertiary/aromatic N) is 1. The molecule has 0 aliphatic carbocycles. The molecule has 0 amide bonds. The highest BCUT2D eigenvalue weighted by atomic mass is 16.5. The van der Waals surface area contributed by atoms with Crippen LogP contribution in [-0.4, -0.2) is 13.1 Å². The molecule has 0 saturated heterocycles. The van der Waals surface area contributed by atoms with Gasteiger partial charge in [-0.15, -0.1) is 0 Å². The Bertz CT molecular complexity index is 980. The summed E-state index contributed by atoms with van der Waals surface area (Å²) in [7, 11) is 1.32. The van der Waals surface area contributed by atoms with Crippen LogP contribution in [0.25, 0.3) is 10.8 Å². The van der Waals surface area contributed by atoms with Gasteiger partial charge in [0.15, 0.2) is 0 Å². The molecule has 3 rings (SSSR count). The minimum Gasteiger partial charge on any atom is -0.466 e. The van der Waals surface area contributed by atoms with Crippen LogP contribution in [0.5, 0.6) is 0 Å². The van der Waals surface area contributed by atoms with E-state index in [0.717, 1.165) is 16.3 Å². The molecule has 0 spiro atoms. The van der Waals surface area contributed by atoms with Crippen LogP contribution in [0.3, 0.4) is 0 Å². The molecule has 0 fully saturated rings. The summed E-state index contributed by atoms with van der Waals surface area (Å²) in [5, 5.41) is 11.8. The van der Waals surface area contributed by atoms with E-state index < -0.39 is 11.9 Å². The van der Waals surface area contributed by atoms with Crippen LogP contribution in [0.15, 0.2) is 65.3 Å². The van der Waals surface area contributed by atoms with E-state index in [9.17, 15) is 10.1 Å². The van der Waals surface area contributed by atoms with Gasteiger partial charge < -0.3 is 15.2 Å². The first-order valence-corrected chi connectivity index (χ1v) is 8.36. The summed E-state index contributed by atoms with van der Waals surface area (Å²) in [5.74, 6) is -0.769. The van der Waals surface area contributed by atoms with E-state index >= 15 is 0 Å².